The molecule has 0 saturated carbocycles. The first-order chi connectivity index (χ1) is 8.72. The summed E-state index contributed by atoms with van der Waals surface area (Å²) < 4.78 is 2.01. The number of carbonyl (C=O) groups is 1. The number of imidazole rings is 1. The van der Waals surface area contributed by atoms with Crippen LogP contribution in [0.25, 0.3) is 11.2 Å². The fourth-order valence-electron chi connectivity index (χ4n) is 2.16. The van der Waals surface area contributed by atoms with Gasteiger partial charge in [-0.15, -0.1) is 0 Å². The van der Waals surface area contributed by atoms with Crippen molar-refractivity contribution >= 4 is 16.9 Å². The van der Waals surface area contributed by atoms with Gasteiger partial charge in [-0.3, -0.25) is 4.79 Å². The predicted molar refractivity (Wildman–Crippen MR) is 69.2 cm³/mol. The van der Waals surface area contributed by atoms with Crippen molar-refractivity contribution in [3.8, 4) is 0 Å². The Kier molecular flexibility index (Phi) is 4.02. The standard InChI is InChI=1S/C13H18N4O/c1-3-4-5-11(6-10(2)18)17-9-16-12-7-14-8-15-13(12)17/h7-9,11H,3-6H2,1-2H3. The fraction of sp³-hybridized carbons (Fsp3) is 0.538. The Balaban J connectivity index is 2.31. The van der Waals surface area contributed by atoms with Gasteiger partial charge in [0.1, 0.15) is 17.6 Å². The number of nitrogens with zero attached hydrogens (tertiary/aromatic N) is 4. The van der Waals surface area contributed by atoms with Crippen LogP contribution < -0.4 is 0 Å². The van der Waals surface area contributed by atoms with Crippen molar-refractivity contribution < 1.29 is 4.79 Å². The molecule has 0 aliphatic heterocycles. The zero-order chi connectivity index (χ0) is 13.0. The number of rotatable bonds is 6. The molecule has 1 atom stereocenters. The maximum absolute atomic E-state index is 11.4. The van der Waals surface area contributed by atoms with E-state index in [1.54, 1.807) is 19.4 Å². The average Bonchev–Trinajstić information content (AvgIpc) is 2.78. The molecule has 1 unspecified atom stereocenters. The van der Waals surface area contributed by atoms with Crippen molar-refractivity contribution in [2.24, 2.45) is 0 Å². The van der Waals surface area contributed by atoms with Gasteiger partial charge in [0.15, 0.2) is 5.65 Å². The van der Waals surface area contributed by atoms with Gasteiger partial charge in [-0.05, 0) is 13.3 Å². The lowest BCUT2D eigenvalue weighted by atomic mass is 10.0. The number of carbonyl (C=O) groups excluding carboxylic acids is 1. The minimum Gasteiger partial charge on any atom is -0.312 e. The predicted octanol–water partition coefficient (Wildman–Crippen LogP) is 2.54. The third-order valence-corrected chi connectivity index (χ3v) is 3.05. The Hall–Kier alpha value is -1.78. The maximum atomic E-state index is 11.4. The Morgan fingerprint density at radius 1 is 1.44 bits per heavy atom. The zero-order valence-corrected chi connectivity index (χ0v) is 10.8. The molecule has 5 nitrogen and oxygen atoms in total. The van der Waals surface area contributed by atoms with Crippen LogP contribution in [0.1, 0.15) is 45.6 Å². The molecular weight excluding hydrogens is 228 g/mol. The second-order valence-corrected chi connectivity index (χ2v) is 4.59. The van der Waals surface area contributed by atoms with Crippen LogP contribution in [0.4, 0.5) is 0 Å². The van der Waals surface area contributed by atoms with Crippen molar-refractivity contribution in [1.29, 1.82) is 0 Å². The molecular formula is C13H18N4O. The molecule has 0 bridgehead atoms. The van der Waals surface area contributed by atoms with Gasteiger partial charge >= 0.3 is 0 Å². The minimum absolute atomic E-state index is 0.155. The van der Waals surface area contributed by atoms with E-state index in [-0.39, 0.29) is 11.8 Å². The summed E-state index contributed by atoms with van der Waals surface area (Å²) >= 11 is 0. The smallest absolute Gasteiger partial charge is 0.163 e. The van der Waals surface area contributed by atoms with E-state index in [1.165, 1.54) is 6.33 Å². The van der Waals surface area contributed by atoms with E-state index in [0.717, 1.165) is 30.4 Å². The lowest BCUT2D eigenvalue weighted by Gasteiger charge is -2.17. The number of hydrogen-bond acceptors (Lipinski definition) is 4. The number of Topliss-reactive ketones (excluding diaryl/α,β-unsaturated/α-hetero) is 1. The van der Waals surface area contributed by atoms with Gasteiger partial charge in [0, 0.05) is 12.5 Å². The van der Waals surface area contributed by atoms with Gasteiger partial charge < -0.3 is 4.57 Å². The number of fused-ring (bicyclic) bond motifs is 1. The van der Waals surface area contributed by atoms with E-state index in [1.807, 2.05) is 4.57 Å². The molecule has 5 heteroatoms. The molecule has 2 aromatic heterocycles. The van der Waals surface area contributed by atoms with E-state index in [4.69, 9.17) is 0 Å². The van der Waals surface area contributed by atoms with Crippen LogP contribution >= 0.6 is 0 Å². The van der Waals surface area contributed by atoms with Crippen molar-refractivity contribution in [3.05, 3.63) is 18.9 Å². The second-order valence-electron chi connectivity index (χ2n) is 4.59. The highest BCUT2D eigenvalue weighted by molar-refractivity contribution is 5.76. The summed E-state index contributed by atoms with van der Waals surface area (Å²) in [6.45, 7) is 3.78. The maximum Gasteiger partial charge on any atom is 0.163 e. The molecule has 96 valence electrons. The van der Waals surface area contributed by atoms with Crippen molar-refractivity contribution in [2.75, 3.05) is 0 Å². The second kappa shape index (κ2) is 5.71. The average molecular weight is 246 g/mol. The van der Waals surface area contributed by atoms with E-state index in [0.29, 0.717) is 6.42 Å². The minimum atomic E-state index is 0.155. The molecule has 0 amide bonds. The molecule has 0 aliphatic carbocycles. The van der Waals surface area contributed by atoms with Gasteiger partial charge in [0.2, 0.25) is 0 Å². The largest absolute Gasteiger partial charge is 0.312 e. The number of unbranched alkanes of at least 4 members (excludes halogenated alkanes) is 1. The molecule has 0 aromatic carbocycles. The van der Waals surface area contributed by atoms with Crippen molar-refractivity contribution in [3.63, 3.8) is 0 Å². The lowest BCUT2D eigenvalue weighted by Crippen LogP contribution is -2.12. The summed E-state index contributed by atoms with van der Waals surface area (Å²) in [5.74, 6) is 0.201. The third kappa shape index (κ3) is 2.72. The highest BCUT2D eigenvalue weighted by atomic mass is 16.1. The van der Waals surface area contributed by atoms with Crippen LogP contribution in [0.15, 0.2) is 18.9 Å². The van der Waals surface area contributed by atoms with E-state index in [9.17, 15) is 4.79 Å². The fourth-order valence-corrected chi connectivity index (χ4v) is 2.16. The number of hydrogen-bond donors (Lipinski definition) is 0. The van der Waals surface area contributed by atoms with Crippen molar-refractivity contribution in [1.82, 2.24) is 19.5 Å². The van der Waals surface area contributed by atoms with E-state index < -0.39 is 0 Å². The van der Waals surface area contributed by atoms with E-state index in [2.05, 4.69) is 21.9 Å². The molecule has 0 saturated heterocycles. The highest BCUT2D eigenvalue weighted by Crippen LogP contribution is 2.23. The van der Waals surface area contributed by atoms with Gasteiger partial charge in [0.05, 0.1) is 12.5 Å². The molecule has 0 radical (unpaired) electrons. The molecule has 2 rings (SSSR count). The SMILES string of the molecule is CCCCC(CC(C)=O)n1cnc2cncnc21. The first kappa shape index (κ1) is 12.7. The normalized spacial score (nSPS) is 12.8. The Bertz CT molecular complexity index is 535. The monoisotopic (exact) mass is 246 g/mol. The Morgan fingerprint density at radius 2 is 2.28 bits per heavy atom. The number of aromatic nitrogens is 4. The lowest BCUT2D eigenvalue weighted by molar-refractivity contribution is -0.117. The van der Waals surface area contributed by atoms with E-state index >= 15 is 0 Å². The van der Waals surface area contributed by atoms with Gasteiger partial charge in [0.25, 0.3) is 0 Å². The molecule has 0 fully saturated rings. The molecule has 2 aromatic rings. The van der Waals surface area contributed by atoms with Crippen LogP contribution in [-0.2, 0) is 4.79 Å². The van der Waals surface area contributed by atoms with Gasteiger partial charge in [-0.2, -0.15) is 0 Å². The number of ketones is 1. The Morgan fingerprint density at radius 3 is 3.00 bits per heavy atom. The van der Waals surface area contributed by atoms with Crippen LogP contribution in [0.5, 0.6) is 0 Å². The summed E-state index contributed by atoms with van der Waals surface area (Å²) in [7, 11) is 0. The zero-order valence-electron chi connectivity index (χ0n) is 10.8. The quantitative estimate of drug-likeness (QED) is 0.785. The summed E-state index contributed by atoms with van der Waals surface area (Å²) in [5.41, 5.74) is 1.59. The Labute approximate surface area is 106 Å². The van der Waals surface area contributed by atoms with Crippen molar-refractivity contribution in [2.45, 2.75) is 45.6 Å². The summed E-state index contributed by atoms with van der Waals surface area (Å²) in [5, 5.41) is 0. The van der Waals surface area contributed by atoms with Crippen LogP contribution in [0, 0.1) is 0 Å². The van der Waals surface area contributed by atoms with Gasteiger partial charge in [-0.25, -0.2) is 15.0 Å². The van der Waals surface area contributed by atoms with Crippen LogP contribution in [-0.4, -0.2) is 25.3 Å². The topological polar surface area (TPSA) is 60.7 Å². The molecule has 18 heavy (non-hydrogen) atoms. The van der Waals surface area contributed by atoms with Crippen LogP contribution in [0.2, 0.25) is 0 Å². The molecule has 0 aliphatic rings. The molecule has 2 heterocycles. The first-order valence-electron chi connectivity index (χ1n) is 6.34. The van der Waals surface area contributed by atoms with Gasteiger partial charge in [-0.1, -0.05) is 19.8 Å². The van der Waals surface area contributed by atoms with Crippen LogP contribution in [0.3, 0.4) is 0 Å². The molecule has 0 N–H and O–H groups in total. The summed E-state index contributed by atoms with van der Waals surface area (Å²) in [6, 6.07) is 0.155. The molecule has 0 spiro atoms. The summed E-state index contributed by atoms with van der Waals surface area (Å²) in [4.78, 5) is 23.9. The summed E-state index contributed by atoms with van der Waals surface area (Å²) in [6.07, 6.45) is 8.72. The highest BCUT2D eigenvalue weighted by Gasteiger charge is 2.16. The third-order valence-electron chi connectivity index (χ3n) is 3.05. The first-order valence-corrected chi connectivity index (χ1v) is 6.34.